The molecule has 4 heterocycles. The largest absolute Gasteiger partial charge is 1.00 e. The summed E-state index contributed by atoms with van der Waals surface area (Å²) < 4.78 is 15.7. The fourth-order valence-corrected chi connectivity index (χ4v) is 7.77. The summed E-state index contributed by atoms with van der Waals surface area (Å²) in [6.07, 6.45) is 9.45. The third-order valence-electron chi connectivity index (χ3n) is 9.67. The second kappa shape index (κ2) is 18.9. The average molecular weight is 1140 g/mol. The molecule has 0 aromatic carbocycles. The van der Waals surface area contributed by atoms with Crippen LogP contribution < -0.4 is 148 Å². The van der Waals surface area contributed by atoms with Crippen LogP contribution in [0.3, 0.4) is 0 Å². The number of hydrazone groups is 1. The van der Waals surface area contributed by atoms with E-state index in [-0.39, 0.29) is 163 Å². The molecule has 3 N–H and O–H groups in total. The van der Waals surface area contributed by atoms with Crippen molar-refractivity contribution in [2.24, 2.45) is 33.7 Å². The molecule has 252 valence electrons. The smallest absolute Gasteiger partial charge is 1.00 e. The van der Waals surface area contributed by atoms with E-state index >= 15 is 0 Å². The number of hydrogen-bond donors (Lipinski definition) is 3. The number of nitrogens with one attached hydrogen (secondary N) is 1. The Morgan fingerprint density at radius 1 is 1.06 bits per heavy atom. The second-order valence-corrected chi connectivity index (χ2v) is 15.4. The second-order valence-electron chi connectivity index (χ2n) is 12.9. The molecule has 0 bridgehead atoms. The predicted octanol–water partition coefficient (Wildman–Crippen LogP) is -2.09. The van der Waals surface area contributed by atoms with Crippen molar-refractivity contribution in [2.45, 2.75) is 58.4 Å². The fraction of sp³-hybridized carbons (Fsp3) is 0.452. The minimum atomic E-state index is -0.945. The first-order valence-corrected chi connectivity index (χ1v) is 17.0. The molecule has 3 fully saturated rings. The average Bonchev–Trinajstić information content (AvgIpc) is 3.75. The van der Waals surface area contributed by atoms with Crippen LogP contribution in [-0.4, -0.2) is 60.1 Å². The van der Waals surface area contributed by atoms with E-state index < -0.39 is 17.9 Å². The molecular weight excluding hydrogens is 1110 g/mol. The molecular formula is C31H33Cs2FI2N6O7. The van der Waals surface area contributed by atoms with Gasteiger partial charge in [-0.1, -0.05) is 13.8 Å². The van der Waals surface area contributed by atoms with Crippen LogP contribution in [0.15, 0.2) is 41.8 Å². The molecule has 2 unspecified atom stereocenters. The zero-order chi connectivity index (χ0) is 34.1. The van der Waals surface area contributed by atoms with Gasteiger partial charge in [0, 0.05) is 37.1 Å². The van der Waals surface area contributed by atoms with Gasteiger partial charge in [-0.25, -0.2) is 24.2 Å². The van der Waals surface area contributed by atoms with Gasteiger partial charge in [-0.2, -0.15) is 14.6 Å². The molecule has 0 saturated heterocycles. The molecule has 18 heteroatoms. The number of aromatic nitrogens is 4. The van der Waals surface area contributed by atoms with Gasteiger partial charge in [-0.15, -0.1) is 0 Å². The van der Waals surface area contributed by atoms with Crippen molar-refractivity contribution in [2.75, 3.05) is 0 Å². The van der Waals surface area contributed by atoms with E-state index in [1.54, 1.807) is 16.9 Å². The minimum absolute atomic E-state index is 0. The summed E-state index contributed by atoms with van der Waals surface area (Å²) in [5, 5.41) is 35.1. The van der Waals surface area contributed by atoms with Crippen molar-refractivity contribution in [1.29, 1.82) is 0 Å². The standard InChI is InChI=1S/C15H14IN3O2.C10H14N2O2.C5H3FIN.CH2O3.2Cs.H/c1-15-6-8(15)4-10-11(7-15)19(18-13(10)14(20)21)12-5-9(16)2-3-17-12;1-10-3-5(10)2-6-7(4-10)11-12-8(6)9(13)14;6-5-3-4(7)1-2-8-5;2-1-4-3;;;/h2-3,5,8H,4,6-7H2,1H3,(H,20,21);5-7,11H,2-4H2,1H3,(H,13,14);1-3H;1,3H;;;/q;;;;2*+1;-1/p-1/t8-,15-;5-,6?,7?,10-;;;;;/m00...../s1. The van der Waals surface area contributed by atoms with Gasteiger partial charge in [-0.05, 0) is 125 Å². The maximum atomic E-state index is 12.1. The van der Waals surface area contributed by atoms with Gasteiger partial charge >= 0.3 is 150 Å². The van der Waals surface area contributed by atoms with Crippen molar-refractivity contribution < 1.29 is 178 Å². The first kappa shape index (κ1) is 44.2. The Kier molecular flexibility index (Phi) is 17.1. The van der Waals surface area contributed by atoms with Crippen LogP contribution >= 0.6 is 45.2 Å². The van der Waals surface area contributed by atoms with Gasteiger partial charge < -0.3 is 27.2 Å². The summed E-state index contributed by atoms with van der Waals surface area (Å²) in [5.74, 6) is 0.00489. The Bertz CT molecular complexity index is 1720. The van der Waals surface area contributed by atoms with Gasteiger partial charge in [0.25, 0.3) is 6.47 Å². The molecule has 3 saturated carbocycles. The van der Waals surface area contributed by atoms with E-state index in [2.05, 4.69) is 66.9 Å². The number of carboxylic acid groups (broad SMARTS) is 2. The van der Waals surface area contributed by atoms with Crippen molar-refractivity contribution in [3.8, 4) is 5.82 Å². The number of fused-ring (bicyclic) bond motifs is 4. The molecule has 49 heavy (non-hydrogen) atoms. The summed E-state index contributed by atoms with van der Waals surface area (Å²) in [7, 11) is 0. The van der Waals surface area contributed by atoms with E-state index in [4.69, 9.17) is 15.2 Å². The number of pyridine rings is 2. The molecule has 5 aliphatic rings. The number of carbonyl (C=O) groups is 3. The van der Waals surface area contributed by atoms with Gasteiger partial charge in [0.15, 0.2) is 11.5 Å². The Balaban J connectivity index is 0.000000260. The summed E-state index contributed by atoms with van der Waals surface area (Å²) in [6.45, 7) is 4.40. The normalized spacial score (nSPS) is 27.0. The number of hydrogen-bond acceptors (Lipinski definition) is 10. The number of rotatable bonds is 4. The maximum absolute atomic E-state index is 12.1. The summed E-state index contributed by atoms with van der Waals surface area (Å²) in [4.78, 5) is 41.3. The van der Waals surface area contributed by atoms with Crippen molar-refractivity contribution in [1.82, 2.24) is 25.2 Å². The summed E-state index contributed by atoms with van der Waals surface area (Å²) >= 11 is 4.25. The van der Waals surface area contributed by atoms with Crippen LogP contribution in [0.25, 0.3) is 5.82 Å². The SMILES string of the molecule is C[C@]12CC3NN=C(C(=O)O)C3C[C@H]1C2.C[C@]12Cc3c(c(C(=O)O)nn3-c3cc(I)ccn3)C[C@H]1C2.Fc1cc(I)ccn1.O=CO[O-].[Cs+].[Cs+].[H-]. The molecule has 1 aliphatic heterocycles. The number of carboxylic acids is 2. The summed E-state index contributed by atoms with van der Waals surface area (Å²) in [6, 6.07) is 7.24. The molecule has 0 amide bonds. The zero-order valence-electron chi connectivity index (χ0n) is 28.4. The number of halogens is 3. The number of carbonyl (C=O) groups excluding carboxylic acids is 1. The quantitative estimate of drug-likeness (QED) is 0.0855. The third-order valence-corrected chi connectivity index (χ3v) is 11.0. The van der Waals surface area contributed by atoms with Crippen LogP contribution in [0.2, 0.25) is 0 Å². The number of aliphatic carboxylic acids is 1. The molecule has 0 spiro atoms. The van der Waals surface area contributed by atoms with Crippen molar-refractivity contribution in [3.63, 3.8) is 0 Å². The Hall–Kier alpha value is 0.844. The molecule has 4 aliphatic carbocycles. The van der Waals surface area contributed by atoms with Crippen molar-refractivity contribution in [3.05, 3.63) is 66.7 Å². The van der Waals surface area contributed by atoms with Gasteiger partial charge in [-0.3, -0.25) is 4.79 Å². The topological polar surface area (TPSA) is 192 Å². The Morgan fingerprint density at radius 3 is 2.24 bits per heavy atom. The van der Waals surface area contributed by atoms with E-state index in [0.717, 1.165) is 50.0 Å². The van der Waals surface area contributed by atoms with Crippen LogP contribution in [0.1, 0.15) is 62.7 Å². The van der Waals surface area contributed by atoms with E-state index in [1.807, 2.05) is 34.7 Å². The maximum Gasteiger partial charge on any atom is 1.00 e. The molecule has 3 aromatic rings. The molecule has 6 atom stereocenters. The van der Waals surface area contributed by atoms with Crippen LogP contribution in [-0.2, 0) is 27.3 Å². The van der Waals surface area contributed by atoms with Gasteiger partial charge in [0.05, 0.1) is 11.7 Å². The van der Waals surface area contributed by atoms with Crippen LogP contribution in [0.4, 0.5) is 4.39 Å². The summed E-state index contributed by atoms with van der Waals surface area (Å²) in [5.41, 5.74) is 6.26. The van der Waals surface area contributed by atoms with Crippen LogP contribution in [0, 0.1) is 41.7 Å². The number of aromatic carboxylic acids is 1. The third kappa shape index (κ3) is 11.0. The predicted molar refractivity (Wildman–Crippen MR) is 181 cm³/mol. The van der Waals surface area contributed by atoms with Gasteiger partial charge in [0.1, 0.15) is 5.71 Å². The number of nitrogens with zero attached hydrogens (tertiary/aromatic N) is 5. The van der Waals surface area contributed by atoms with Crippen LogP contribution in [0.5, 0.6) is 0 Å². The fourth-order valence-electron chi connectivity index (χ4n) is 6.92. The monoisotopic (exact) mass is 1140 g/mol. The Labute approximate surface area is 428 Å². The van der Waals surface area contributed by atoms with Gasteiger partial charge in [0.2, 0.25) is 5.95 Å². The van der Waals surface area contributed by atoms with E-state index in [1.165, 1.54) is 25.1 Å². The van der Waals surface area contributed by atoms with E-state index in [9.17, 15) is 19.1 Å². The molecule has 8 rings (SSSR count). The minimum Gasteiger partial charge on any atom is -1.00 e. The van der Waals surface area contributed by atoms with Crippen molar-refractivity contribution >= 4 is 69.3 Å². The Morgan fingerprint density at radius 2 is 1.69 bits per heavy atom. The molecule has 3 aromatic heterocycles. The molecule has 13 nitrogen and oxygen atoms in total. The zero-order valence-corrected chi connectivity index (χ0v) is 44.3. The first-order chi connectivity index (χ1) is 22.3. The molecule has 0 radical (unpaired) electrons. The first-order valence-electron chi connectivity index (χ1n) is 14.8. The van der Waals surface area contributed by atoms with E-state index in [0.29, 0.717) is 28.3 Å².